The van der Waals surface area contributed by atoms with E-state index >= 15 is 0 Å². The normalized spacial score (nSPS) is 11.5. The maximum absolute atomic E-state index is 13.9. The zero-order valence-corrected chi connectivity index (χ0v) is 14.1. The summed E-state index contributed by atoms with van der Waals surface area (Å²) in [4.78, 5) is 11.4. The zero-order chi connectivity index (χ0) is 18.9. The number of halogens is 6. The highest BCUT2D eigenvalue weighted by atomic mass is 35.5. The van der Waals surface area contributed by atoms with Gasteiger partial charge in [-0.1, -0.05) is 29.3 Å². The van der Waals surface area contributed by atoms with Gasteiger partial charge in [-0.2, -0.15) is 13.2 Å². The van der Waals surface area contributed by atoms with E-state index in [9.17, 15) is 27.7 Å². The number of hydrogen-bond acceptors (Lipinski definition) is 3. The van der Waals surface area contributed by atoms with Crippen molar-refractivity contribution in [1.29, 1.82) is 0 Å². The van der Waals surface area contributed by atoms with Crippen molar-refractivity contribution in [2.24, 2.45) is 0 Å². The van der Waals surface area contributed by atoms with Crippen LogP contribution in [0.4, 0.5) is 28.9 Å². The maximum Gasteiger partial charge on any atom is 0.418 e. The summed E-state index contributed by atoms with van der Waals surface area (Å²) in [6.45, 7) is -0.200. The minimum atomic E-state index is -4.84. The van der Waals surface area contributed by atoms with Gasteiger partial charge in [0.2, 0.25) is 0 Å². The van der Waals surface area contributed by atoms with Gasteiger partial charge in [0.05, 0.1) is 15.5 Å². The first-order valence-corrected chi connectivity index (χ1v) is 7.47. The fourth-order valence-electron chi connectivity index (χ4n) is 2.23. The van der Waals surface area contributed by atoms with Crippen LogP contribution in [0.1, 0.15) is 11.1 Å². The Morgan fingerprint density at radius 3 is 2.36 bits per heavy atom. The van der Waals surface area contributed by atoms with Crippen molar-refractivity contribution >= 4 is 34.6 Å². The average molecular weight is 397 g/mol. The van der Waals surface area contributed by atoms with Gasteiger partial charge in [0.1, 0.15) is 11.5 Å². The van der Waals surface area contributed by atoms with Crippen molar-refractivity contribution in [2.75, 3.05) is 11.9 Å². The molecule has 0 aromatic heterocycles. The van der Waals surface area contributed by atoms with Crippen LogP contribution in [0.3, 0.4) is 0 Å². The summed E-state index contributed by atoms with van der Waals surface area (Å²) in [5.41, 5.74) is -2.26. The second-order valence-corrected chi connectivity index (χ2v) is 5.95. The van der Waals surface area contributed by atoms with Crippen LogP contribution in [0.2, 0.25) is 10.0 Å². The maximum atomic E-state index is 13.9. The van der Waals surface area contributed by atoms with Gasteiger partial charge in [-0.15, -0.1) is 0 Å². The molecule has 10 heteroatoms. The Morgan fingerprint density at radius 1 is 1.20 bits per heavy atom. The molecule has 0 bridgehead atoms. The molecule has 0 saturated carbocycles. The summed E-state index contributed by atoms with van der Waals surface area (Å²) >= 11 is 11.5. The van der Waals surface area contributed by atoms with E-state index in [0.29, 0.717) is 6.07 Å². The number of nitrogens with zero attached hydrogens (tertiary/aromatic N) is 2. The summed E-state index contributed by atoms with van der Waals surface area (Å²) in [5, 5.41) is 10.6. The molecule has 0 fully saturated rings. The summed E-state index contributed by atoms with van der Waals surface area (Å²) in [5.74, 6) is -0.639. The van der Waals surface area contributed by atoms with Crippen LogP contribution in [-0.4, -0.2) is 12.0 Å². The number of rotatable bonds is 4. The van der Waals surface area contributed by atoms with Gasteiger partial charge in [0.15, 0.2) is 0 Å². The van der Waals surface area contributed by atoms with Crippen molar-refractivity contribution in [3.05, 3.63) is 67.4 Å². The smallest absolute Gasteiger partial charge is 0.365 e. The van der Waals surface area contributed by atoms with Crippen molar-refractivity contribution < 1.29 is 22.5 Å². The first-order chi connectivity index (χ1) is 11.5. The second kappa shape index (κ2) is 7.05. The summed E-state index contributed by atoms with van der Waals surface area (Å²) in [7, 11) is 1.36. The molecule has 134 valence electrons. The van der Waals surface area contributed by atoms with E-state index in [-0.39, 0.29) is 22.8 Å². The van der Waals surface area contributed by atoms with Crippen LogP contribution in [0.5, 0.6) is 0 Å². The van der Waals surface area contributed by atoms with E-state index in [0.717, 1.165) is 12.1 Å². The van der Waals surface area contributed by atoms with Crippen molar-refractivity contribution in [3.63, 3.8) is 0 Å². The number of hydrogen-bond donors (Lipinski definition) is 0. The van der Waals surface area contributed by atoms with Crippen LogP contribution in [0.25, 0.3) is 0 Å². The predicted molar refractivity (Wildman–Crippen MR) is 86.6 cm³/mol. The third-order valence-electron chi connectivity index (χ3n) is 3.43. The van der Waals surface area contributed by atoms with Gasteiger partial charge in [0.25, 0.3) is 5.69 Å². The molecule has 0 amide bonds. The lowest BCUT2D eigenvalue weighted by atomic mass is 10.1. The molecule has 0 spiro atoms. The SMILES string of the molecule is CN(Cc1c(F)cccc1Cl)c1cc(Cl)c(C(F)(F)F)cc1[N+](=O)[O-]. The van der Waals surface area contributed by atoms with Crippen molar-refractivity contribution in [1.82, 2.24) is 0 Å². The number of nitro groups is 1. The van der Waals surface area contributed by atoms with Crippen molar-refractivity contribution in [2.45, 2.75) is 12.7 Å². The highest BCUT2D eigenvalue weighted by Gasteiger charge is 2.36. The van der Waals surface area contributed by atoms with E-state index < -0.39 is 33.2 Å². The van der Waals surface area contributed by atoms with Crippen LogP contribution >= 0.6 is 23.2 Å². The van der Waals surface area contributed by atoms with Gasteiger partial charge in [-0.3, -0.25) is 10.1 Å². The Kier molecular flexibility index (Phi) is 5.43. The minimum absolute atomic E-state index is 0.0528. The molecular formula is C15H10Cl2F4N2O2. The Balaban J connectivity index is 2.51. The van der Waals surface area contributed by atoms with Gasteiger partial charge in [-0.25, -0.2) is 4.39 Å². The van der Waals surface area contributed by atoms with E-state index in [1.54, 1.807) is 0 Å². The first kappa shape index (κ1) is 19.3. The van der Waals surface area contributed by atoms with E-state index in [1.165, 1.54) is 24.1 Å². The number of anilines is 1. The molecule has 2 rings (SSSR count). The summed E-state index contributed by atoms with van der Waals surface area (Å²) < 4.78 is 52.5. The zero-order valence-electron chi connectivity index (χ0n) is 12.6. The van der Waals surface area contributed by atoms with Crippen LogP contribution in [-0.2, 0) is 12.7 Å². The molecule has 2 aromatic rings. The molecule has 25 heavy (non-hydrogen) atoms. The Hall–Kier alpha value is -2.06. The highest BCUT2D eigenvalue weighted by Crippen LogP contribution is 2.41. The standard InChI is InChI=1S/C15H10Cl2F4N2O2/c1-22(7-8-10(16)3-2-4-12(8)18)13-6-11(17)9(15(19,20)21)5-14(13)23(24)25/h2-6H,7H2,1H3. The van der Waals surface area contributed by atoms with Crippen molar-refractivity contribution in [3.8, 4) is 0 Å². The van der Waals surface area contributed by atoms with Gasteiger partial charge >= 0.3 is 6.18 Å². The molecule has 0 unspecified atom stereocenters. The molecule has 0 heterocycles. The molecule has 0 N–H and O–H groups in total. The van der Waals surface area contributed by atoms with Gasteiger partial charge in [0, 0.05) is 30.2 Å². The largest absolute Gasteiger partial charge is 0.418 e. The monoisotopic (exact) mass is 396 g/mol. The molecule has 0 atom stereocenters. The molecule has 0 aliphatic rings. The Bertz CT molecular complexity index is 808. The number of alkyl halides is 3. The van der Waals surface area contributed by atoms with E-state index in [2.05, 4.69) is 0 Å². The predicted octanol–water partition coefficient (Wildman–Crippen LogP) is 5.70. The molecule has 0 saturated heterocycles. The topological polar surface area (TPSA) is 46.4 Å². The van der Waals surface area contributed by atoms with E-state index in [4.69, 9.17) is 23.2 Å². The number of benzene rings is 2. The highest BCUT2D eigenvalue weighted by molar-refractivity contribution is 6.32. The third-order valence-corrected chi connectivity index (χ3v) is 4.10. The molecule has 4 nitrogen and oxygen atoms in total. The fourth-order valence-corrected chi connectivity index (χ4v) is 2.71. The van der Waals surface area contributed by atoms with Gasteiger partial charge in [-0.05, 0) is 18.2 Å². The minimum Gasteiger partial charge on any atom is -0.365 e. The Morgan fingerprint density at radius 2 is 1.84 bits per heavy atom. The number of nitro benzene ring substituents is 1. The second-order valence-electron chi connectivity index (χ2n) is 5.13. The molecule has 0 aliphatic carbocycles. The lowest BCUT2D eigenvalue weighted by Crippen LogP contribution is -2.19. The average Bonchev–Trinajstić information content (AvgIpc) is 2.49. The first-order valence-electron chi connectivity index (χ1n) is 6.71. The molecule has 0 radical (unpaired) electrons. The van der Waals surface area contributed by atoms with Gasteiger partial charge < -0.3 is 4.90 Å². The molecule has 0 aliphatic heterocycles. The summed E-state index contributed by atoms with van der Waals surface area (Å²) in [6, 6.07) is 5.16. The summed E-state index contributed by atoms with van der Waals surface area (Å²) in [6.07, 6.45) is -4.84. The molecule has 2 aromatic carbocycles. The van der Waals surface area contributed by atoms with Crippen LogP contribution in [0, 0.1) is 15.9 Å². The third kappa shape index (κ3) is 4.13. The van der Waals surface area contributed by atoms with E-state index in [1.807, 2.05) is 0 Å². The fraction of sp³-hybridized carbons (Fsp3) is 0.200. The lowest BCUT2D eigenvalue weighted by Gasteiger charge is -2.21. The molecular weight excluding hydrogens is 387 g/mol. The quantitative estimate of drug-likeness (QED) is 0.378. The van der Waals surface area contributed by atoms with Crippen LogP contribution in [0.15, 0.2) is 30.3 Å². The lowest BCUT2D eigenvalue weighted by molar-refractivity contribution is -0.384. The van der Waals surface area contributed by atoms with Crippen LogP contribution < -0.4 is 4.90 Å². The Labute approximate surface area is 149 Å².